The Kier molecular flexibility index (Phi) is 6.10. The summed E-state index contributed by atoms with van der Waals surface area (Å²) in [6.07, 6.45) is -4.47. The maximum Gasteiger partial charge on any atom is 0.411 e. The number of nitrogens with one attached hydrogen (secondary N) is 1. The van der Waals surface area contributed by atoms with E-state index in [9.17, 15) is 18.0 Å². The first kappa shape index (κ1) is 15.5. The summed E-state index contributed by atoms with van der Waals surface area (Å²) in [5.41, 5.74) is -0.567. The normalized spacial score (nSPS) is 12.6. The Balaban J connectivity index is 3.67. The van der Waals surface area contributed by atoms with Gasteiger partial charge in [-0.25, -0.2) is 0 Å². The predicted molar refractivity (Wildman–Crippen MR) is 54.4 cm³/mol. The first-order chi connectivity index (χ1) is 7.16. The topological polar surface area (TPSA) is 38.3 Å². The van der Waals surface area contributed by atoms with E-state index >= 15 is 0 Å². The minimum Gasteiger partial charge on any atom is -0.372 e. The van der Waals surface area contributed by atoms with E-state index in [2.05, 4.69) is 10.1 Å². The molecule has 0 saturated heterocycles. The molecule has 0 atom stereocenters. The molecule has 96 valence electrons. The van der Waals surface area contributed by atoms with Gasteiger partial charge < -0.3 is 10.1 Å². The number of rotatable bonds is 6. The lowest BCUT2D eigenvalue weighted by atomic mass is 10.1. The molecule has 1 amide bonds. The van der Waals surface area contributed by atoms with E-state index in [1.54, 1.807) is 13.8 Å². The van der Waals surface area contributed by atoms with E-state index in [0.717, 1.165) is 0 Å². The van der Waals surface area contributed by atoms with E-state index in [1.807, 2.05) is 0 Å². The van der Waals surface area contributed by atoms with Crippen molar-refractivity contribution in [2.45, 2.75) is 32.0 Å². The predicted octanol–water partition coefficient (Wildman–Crippen LogP) is 2.09. The second kappa shape index (κ2) is 6.30. The molecule has 0 radical (unpaired) electrons. The molecule has 0 fully saturated rings. The van der Waals surface area contributed by atoms with E-state index < -0.39 is 18.3 Å². The standard InChI is InChI=1S/C9H15ClF3NO2/c1-8(2,5-10)14-7(15)3-4-16-6-9(11,12)13/h3-6H2,1-2H3,(H,14,15). The number of alkyl halides is 4. The number of carbonyl (C=O) groups is 1. The van der Waals surface area contributed by atoms with Crippen LogP contribution in [0.1, 0.15) is 20.3 Å². The molecular formula is C9H15ClF3NO2. The van der Waals surface area contributed by atoms with Crippen molar-refractivity contribution >= 4 is 17.5 Å². The average Bonchev–Trinajstić information content (AvgIpc) is 2.10. The number of amides is 1. The molecule has 0 saturated carbocycles. The fourth-order valence-corrected chi connectivity index (χ4v) is 0.893. The fraction of sp³-hybridized carbons (Fsp3) is 0.889. The number of hydrogen-bond donors (Lipinski definition) is 1. The molecule has 1 N–H and O–H groups in total. The van der Waals surface area contributed by atoms with Crippen LogP contribution in [0, 0.1) is 0 Å². The molecule has 0 rings (SSSR count). The number of ether oxygens (including phenoxy) is 1. The van der Waals surface area contributed by atoms with Gasteiger partial charge in [0.15, 0.2) is 0 Å². The van der Waals surface area contributed by atoms with Crippen LogP contribution >= 0.6 is 11.6 Å². The van der Waals surface area contributed by atoms with E-state index in [-0.39, 0.29) is 24.8 Å². The van der Waals surface area contributed by atoms with Crippen molar-refractivity contribution in [2.75, 3.05) is 19.1 Å². The van der Waals surface area contributed by atoms with Crippen LogP contribution in [0.2, 0.25) is 0 Å². The van der Waals surface area contributed by atoms with Gasteiger partial charge in [-0.05, 0) is 13.8 Å². The van der Waals surface area contributed by atoms with Gasteiger partial charge in [-0.1, -0.05) is 0 Å². The molecule has 0 aliphatic heterocycles. The molecular weight excluding hydrogens is 247 g/mol. The lowest BCUT2D eigenvalue weighted by Crippen LogP contribution is -2.45. The van der Waals surface area contributed by atoms with Crippen LogP contribution in [0.3, 0.4) is 0 Å². The Morgan fingerprint density at radius 1 is 1.38 bits per heavy atom. The average molecular weight is 262 g/mol. The fourth-order valence-electron chi connectivity index (χ4n) is 0.826. The van der Waals surface area contributed by atoms with Gasteiger partial charge in [-0.3, -0.25) is 4.79 Å². The maximum atomic E-state index is 11.7. The van der Waals surface area contributed by atoms with Crippen molar-refractivity contribution in [3.8, 4) is 0 Å². The zero-order valence-corrected chi connectivity index (χ0v) is 9.91. The van der Waals surface area contributed by atoms with Gasteiger partial charge in [-0.15, -0.1) is 11.6 Å². The van der Waals surface area contributed by atoms with Crippen molar-refractivity contribution in [3.63, 3.8) is 0 Å². The SMILES string of the molecule is CC(C)(CCl)NC(=O)CCOCC(F)(F)F. The van der Waals surface area contributed by atoms with Crippen molar-refractivity contribution in [2.24, 2.45) is 0 Å². The first-order valence-electron chi connectivity index (χ1n) is 4.68. The third-order valence-electron chi connectivity index (χ3n) is 1.55. The van der Waals surface area contributed by atoms with Crippen LogP contribution < -0.4 is 5.32 Å². The smallest absolute Gasteiger partial charge is 0.372 e. The third-order valence-corrected chi connectivity index (χ3v) is 2.22. The van der Waals surface area contributed by atoms with Gasteiger partial charge in [-0.2, -0.15) is 13.2 Å². The van der Waals surface area contributed by atoms with Gasteiger partial charge in [0.25, 0.3) is 0 Å². The lowest BCUT2D eigenvalue weighted by molar-refractivity contribution is -0.174. The Morgan fingerprint density at radius 3 is 2.38 bits per heavy atom. The summed E-state index contributed by atoms with van der Waals surface area (Å²) in [5.74, 6) is -0.157. The third kappa shape index (κ3) is 8.79. The number of carbonyl (C=O) groups excluding carboxylic acids is 1. The monoisotopic (exact) mass is 261 g/mol. The summed E-state index contributed by atoms with van der Waals surface area (Å²) >= 11 is 5.56. The first-order valence-corrected chi connectivity index (χ1v) is 5.21. The molecule has 0 unspecified atom stereocenters. The molecule has 0 aromatic carbocycles. The van der Waals surface area contributed by atoms with Gasteiger partial charge >= 0.3 is 6.18 Å². The quantitative estimate of drug-likeness (QED) is 0.587. The van der Waals surface area contributed by atoms with Crippen molar-refractivity contribution in [1.82, 2.24) is 5.32 Å². The van der Waals surface area contributed by atoms with E-state index in [0.29, 0.717) is 0 Å². The van der Waals surface area contributed by atoms with Crippen LogP contribution in [0.15, 0.2) is 0 Å². The molecule has 0 aromatic rings. The van der Waals surface area contributed by atoms with Crippen LogP contribution in [0.25, 0.3) is 0 Å². The van der Waals surface area contributed by atoms with Crippen molar-refractivity contribution < 1.29 is 22.7 Å². The highest BCUT2D eigenvalue weighted by molar-refractivity contribution is 6.18. The second-order valence-corrected chi connectivity index (χ2v) is 4.25. The van der Waals surface area contributed by atoms with Crippen LogP contribution in [0.4, 0.5) is 13.2 Å². The lowest BCUT2D eigenvalue weighted by Gasteiger charge is -2.23. The summed E-state index contributed by atoms with van der Waals surface area (Å²) in [5, 5.41) is 2.57. The molecule has 3 nitrogen and oxygen atoms in total. The van der Waals surface area contributed by atoms with Gasteiger partial charge in [0.2, 0.25) is 5.91 Å². The summed E-state index contributed by atoms with van der Waals surface area (Å²) < 4.78 is 39.3. The molecule has 0 heterocycles. The Bertz CT molecular complexity index is 231. The molecule has 0 aliphatic rings. The van der Waals surface area contributed by atoms with E-state index in [4.69, 9.17) is 11.6 Å². The molecule has 0 spiro atoms. The molecule has 0 bridgehead atoms. The molecule has 0 aliphatic carbocycles. The van der Waals surface area contributed by atoms with Crippen LogP contribution in [-0.2, 0) is 9.53 Å². The summed E-state index contributed by atoms with van der Waals surface area (Å²) in [6.45, 7) is 1.84. The molecule has 16 heavy (non-hydrogen) atoms. The zero-order chi connectivity index (χ0) is 12.8. The number of hydrogen-bond acceptors (Lipinski definition) is 2. The second-order valence-electron chi connectivity index (χ2n) is 3.98. The summed E-state index contributed by atoms with van der Waals surface area (Å²) in [7, 11) is 0. The van der Waals surface area contributed by atoms with Crippen molar-refractivity contribution in [1.29, 1.82) is 0 Å². The molecule has 0 aromatic heterocycles. The largest absolute Gasteiger partial charge is 0.411 e. The van der Waals surface area contributed by atoms with Crippen LogP contribution in [0.5, 0.6) is 0 Å². The maximum absolute atomic E-state index is 11.7. The van der Waals surface area contributed by atoms with Gasteiger partial charge in [0, 0.05) is 17.8 Å². The Labute approximate surface area is 97.3 Å². The van der Waals surface area contributed by atoms with Crippen LogP contribution in [-0.4, -0.2) is 36.7 Å². The minimum atomic E-state index is -4.36. The minimum absolute atomic E-state index is 0.115. The highest BCUT2D eigenvalue weighted by atomic mass is 35.5. The summed E-state index contributed by atoms with van der Waals surface area (Å²) in [4.78, 5) is 11.2. The summed E-state index contributed by atoms with van der Waals surface area (Å²) in [6, 6.07) is 0. The number of halogens is 4. The van der Waals surface area contributed by atoms with Gasteiger partial charge in [0.1, 0.15) is 6.61 Å². The van der Waals surface area contributed by atoms with Gasteiger partial charge in [0.05, 0.1) is 6.61 Å². The molecule has 7 heteroatoms. The Hall–Kier alpha value is -0.490. The Morgan fingerprint density at radius 2 is 1.94 bits per heavy atom. The highest BCUT2D eigenvalue weighted by Gasteiger charge is 2.27. The zero-order valence-electron chi connectivity index (χ0n) is 9.16. The van der Waals surface area contributed by atoms with E-state index in [1.165, 1.54) is 0 Å². The highest BCUT2D eigenvalue weighted by Crippen LogP contribution is 2.14. The van der Waals surface area contributed by atoms with Crippen molar-refractivity contribution in [3.05, 3.63) is 0 Å².